The molecule has 0 spiro atoms. The zero-order valence-electron chi connectivity index (χ0n) is 7.46. The van der Waals surface area contributed by atoms with Gasteiger partial charge in [-0.3, -0.25) is 0 Å². The molecule has 1 atom stereocenters. The highest BCUT2D eigenvalue weighted by Gasteiger charge is 2.00. The van der Waals surface area contributed by atoms with Crippen LogP contribution in [0.25, 0.3) is 0 Å². The van der Waals surface area contributed by atoms with Crippen molar-refractivity contribution in [1.82, 2.24) is 0 Å². The molecule has 1 aromatic carbocycles. The van der Waals surface area contributed by atoms with E-state index in [0.717, 1.165) is 10.6 Å². The Morgan fingerprint density at radius 1 is 1.54 bits per heavy atom. The van der Waals surface area contributed by atoms with E-state index in [1.165, 1.54) is 0 Å². The van der Waals surface area contributed by atoms with Gasteiger partial charge in [0.2, 0.25) is 0 Å². The van der Waals surface area contributed by atoms with Crippen molar-refractivity contribution < 1.29 is 0 Å². The topological polar surface area (TPSA) is 52.0 Å². The van der Waals surface area contributed by atoms with Crippen LogP contribution in [0.3, 0.4) is 0 Å². The summed E-state index contributed by atoms with van der Waals surface area (Å²) in [7, 11) is 0. The van der Waals surface area contributed by atoms with Crippen molar-refractivity contribution >= 4 is 29.1 Å². The van der Waals surface area contributed by atoms with Crippen molar-refractivity contribution in [2.24, 2.45) is 5.73 Å². The van der Waals surface area contributed by atoms with Crippen LogP contribution in [0.1, 0.15) is 6.92 Å². The van der Waals surface area contributed by atoms with E-state index >= 15 is 0 Å². The highest BCUT2D eigenvalue weighted by molar-refractivity contribution is 7.99. The molecule has 13 heavy (non-hydrogen) atoms. The second-order valence-electron chi connectivity index (χ2n) is 2.97. The Kier molecular flexibility index (Phi) is 3.90. The summed E-state index contributed by atoms with van der Waals surface area (Å²) in [6, 6.07) is 5.82. The van der Waals surface area contributed by atoms with E-state index < -0.39 is 0 Å². The number of anilines is 1. The predicted octanol–water partition coefficient (Wildman–Crippen LogP) is 2.36. The largest absolute Gasteiger partial charge is 0.398 e. The van der Waals surface area contributed by atoms with Gasteiger partial charge in [-0.25, -0.2) is 0 Å². The van der Waals surface area contributed by atoms with Gasteiger partial charge in [-0.2, -0.15) is 0 Å². The second-order valence-corrected chi connectivity index (χ2v) is 4.47. The minimum Gasteiger partial charge on any atom is -0.398 e. The molecule has 0 heterocycles. The molecule has 0 bridgehead atoms. The van der Waals surface area contributed by atoms with E-state index in [2.05, 4.69) is 0 Å². The van der Waals surface area contributed by atoms with Gasteiger partial charge in [0.15, 0.2) is 0 Å². The molecule has 0 saturated heterocycles. The van der Waals surface area contributed by atoms with Crippen molar-refractivity contribution in [2.75, 3.05) is 11.5 Å². The van der Waals surface area contributed by atoms with Crippen LogP contribution in [0.5, 0.6) is 0 Å². The van der Waals surface area contributed by atoms with Crippen molar-refractivity contribution in [3.63, 3.8) is 0 Å². The fraction of sp³-hybridized carbons (Fsp3) is 0.333. The molecule has 4 N–H and O–H groups in total. The molecule has 0 radical (unpaired) electrons. The number of thioether (sulfide) groups is 1. The van der Waals surface area contributed by atoms with Crippen molar-refractivity contribution in [2.45, 2.75) is 17.9 Å². The minimum atomic E-state index is 0.196. The van der Waals surface area contributed by atoms with Crippen molar-refractivity contribution in [3.8, 4) is 0 Å². The van der Waals surface area contributed by atoms with E-state index in [9.17, 15) is 0 Å². The first kappa shape index (κ1) is 10.7. The first-order valence-corrected chi connectivity index (χ1v) is 5.39. The van der Waals surface area contributed by atoms with E-state index in [0.29, 0.717) is 10.7 Å². The highest BCUT2D eigenvalue weighted by atomic mass is 35.5. The lowest BCUT2D eigenvalue weighted by molar-refractivity contribution is 0.847. The van der Waals surface area contributed by atoms with Gasteiger partial charge in [-0.1, -0.05) is 11.6 Å². The third-order valence-electron chi connectivity index (χ3n) is 1.48. The summed E-state index contributed by atoms with van der Waals surface area (Å²) in [6.07, 6.45) is 0. The molecule has 1 rings (SSSR count). The number of hydrogen-bond donors (Lipinski definition) is 2. The zero-order chi connectivity index (χ0) is 9.84. The summed E-state index contributed by atoms with van der Waals surface area (Å²) < 4.78 is 0. The smallest absolute Gasteiger partial charge is 0.0646 e. The molecule has 0 fully saturated rings. The van der Waals surface area contributed by atoms with Crippen molar-refractivity contribution in [3.05, 3.63) is 23.2 Å². The second kappa shape index (κ2) is 4.74. The molecular weight excluding hydrogens is 204 g/mol. The van der Waals surface area contributed by atoms with Crippen LogP contribution in [-0.2, 0) is 0 Å². The monoisotopic (exact) mass is 216 g/mol. The van der Waals surface area contributed by atoms with Crippen LogP contribution in [0.4, 0.5) is 5.69 Å². The summed E-state index contributed by atoms with van der Waals surface area (Å²) in [5.74, 6) is 0.889. The van der Waals surface area contributed by atoms with Crippen LogP contribution in [0, 0.1) is 0 Å². The van der Waals surface area contributed by atoms with Crippen molar-refractivity contribution in [1.29, 1.82) is 0 Å². The third kappa shape index (κ3) is 3.46. The standard InChI is InChI=1S/C9H13ClN2S/c1-6(11)5-13-7-2-3-9(12)8(10)4-7/h2-4,6H,5,11-12H2,1H3. The number of hydrogen-bond acceptors (Lipinski definition) is 3. The lowest BCUT2D eigenvalue weighted by Gasteiger charge is -2.05. The molecule has 0 aliphatic heterocycles. The molecular formula is C9H13ClN2S. The zero-order valence-corrected chi connectivity index (χ0v) is 9.03. The summed E-state index contributed by atoms with van der Waals surface area (Å²) >= 11 is 7.55. The van der Waals surface area contributed by atoms with Crippen LogP contribution >= 0.6 is 23.4 Å². The Bertz CT molecular complexity index is 289. The molecule has 0 aliphatic carbocycles. The van der Waals surface area contributed by atoms with Crippen LogP contribution < -0.4 is 11.5 Å². The SMILES string of the molecule is CC(N)CSc1ccc(N)c(Cl)c1. The lowest BCUT2D eigenvalue weighted by Crippen LogP contribution is -2.17. The van der Waals surface area contributed by atoms with E-state index in [1.54, 1.807) is 11.8 Å². The summed E-state index contributed by atoms with van der Waals surface area (Å²) in [4.78, 5) is 1.11. The van der Waals surface area contributed by atoms with E-state index in [1.807, 2.05) is 25.1 Å². The Hall–Kier alpha value is -0.380. The summed E-state index contributed by atoms with van der Waals surface area (Å²) in [5.41, 5.74) is 11.8. The van der Waals surface area contributed by atoms with Crippen LogP contribution in [0.15, 0.2) is 23.1 Å². The number of nitrogens with two attached hydrogens (primary N) is 2. The average molecular weight is 217 g/mol. The quantitative estimate of drug-likeness (QED) is 0.603. The lowest BCUT2D eigenvalue weighted by atomic mass is 10.3. The first-order valence-electron chi connectivity index (χ1n) is 4.03. The molecule has 1 unspecified atom stereocenters. The highest BCUT2D eigenvalue weighted by Crippen LogP contribution is 2.26. The fourth-order valence-electron chi connectivity index (χ4n) is 0.825. The van der Waals surface area contributed by atoms with Gasteiger partial charge in [-0.15, -0.1) is 11.8 Å². The summed E-state index contributed by atoms with van der Waals surface area (Å²) in [5, 5.41) is 0.606. The third-order valence-corrected chi connectivity index (χ3v) is 3.09. The maximum absolute atomic E-state index is 5.86. The van der Waals surface area contributed by atoms with Gasteiger partial charge in [0, 0.05) is 16.7 Å². The van der Waals surface area contributed by atoms with Gasteiger partial charge >= 0.3 is 0 Å². The molecule has 2 nitrogen and oxygen atoms in total. The van der Waals surface area contributed by atoms with Gasteiger partial charge in [0.1, 0.15) is 0 Å². The maximum Gasteiger partial charge on any atom is 0.0646 e. The van der Waals surface area contributed by atoms with E-state index in [-0.39, 0.29) is 6.04 Å². The number of rotatable bonds is 3. The van der Waals surface area contributed by atoms with E-state index in [4.69, 9.17) is 23.1 Å². The number of benzene rings is 1. The molecule has 0 amide bonds. The Labute approximate surface area is 87.6 Å². The van der Waals surface area contributed by atoms with Crippen LogP contribution in [-0.4, -0.2) is 11.8 Å². The molecule has 0 aliphatic rings. The minimum absolute atomic E-state index is 0.196. The molecule has 0 saturated carbocycles. The van der Waals surface area contributed by atoms with Gasteiger partial charge in [0.05, 0.1) is 10.7 Å². The average Bonchev–Trinajstić information content (AvgIpc) is 2.07. The fourth-order valence-corrected chi connectivity index (χ4v) is 1.89. The Balaban J connectivity index is 2.63. The van der Waals surface area contributed by atoms with Gasteiger partial charge < -0.3 is 11.5 Å². The Morgan fingerprint density at radius 2 is 2.23 bits per heavy atom. The molecule has 4 heteroatoms. The number of halogens is 1. The normalized spacial score (nSPS) is 12.8. The molecule has 72 valence electrons. The van der Waals surface area contributed by atoms with Gasteiger partial charge in [0.25, 0.3) is 0 Å². The first-order chi connectivity index (χ1) is 6.09. The predicted molar refractivity (Wildman–Crippen MR) is 60.2 cm³/mol. The van der Waals surface area contributed by atoms with Crippen LogP contribution in [0.2, 0.25) is 5.02 Å². The molecule has 0 aromatic heterocycles. The molecule has 1 aromatic rings. The Morgan fingerprint density at radius 3 is 2.77 bits per heavy atom. The number of nitrogen functional groups attached to an aromatic ring is 1. The summed E-state index contributed by atoms with van der Waals surface area (Å²) in [6.45, 7) is 1.98. The maximum atomic E-state index is 5.86. The van der Waals surface area contributed by atoms with Gasteiger partial charge in [-0.05, 0) is 25.1 Å².